The summed E-state index contributed by atoms with van der Waals surface area (Å²) in [7, 11) is 0. The highest BCUT2D eigenvalue weighted by Gasteiger charge is 2.25. The maximum absolute atomic E-state index is 12.7. The smallest absolute Gasteiger partial charge is 0.414 e. The molecule has 0 radical (unpaired) electrons. The Morgan fingerprint density at radius 2 is 1.61 bits per heavy atom. The highest BCUT2D eigenvalue weighted by Crippen LogP contribution is 2.40. The molecular formula is C25H35N3O7S. The first kappa shape index (κ1) is 30.8. The first-order valence-electron chi connectivity index (χ1n) is 11.7. The van der Waals surface area contributed by atoms with E-state index in [0.717, 1.165) is 48.6 Å². The van der Waals surface area contributed by atoms with Gasteiger partial charge in [-0.15, -0.1) is 11.3 Å². The van der Waals surface area contributed by atoms with Crippen LogP contribution in [0.3, 0.4) is 0 Å². The largest absolute Gasteiger partial charge is 0.473 e. The van der Waals surface area contributed by atoms with Crippen LogP contribution < -0.4 is 10.6 Å². The quantitative estimate of drug-likeness (QED) is 0.188. The van der Waals surface area contributed by atoms with Crippen molar-refractivity contribution in [2.45, 2.75) is 34.1 Å². The molecule has 1 amide bonds. The molecular weight excluding hydrogens is 486 g/mol. The Kier molecular flexibility index (Phi) is 14.0. The maximum atomic E-state index is 12.7. The fraction of sp³-hybridized carbons (Fsp3) is 0.440. The van der Waals surface area contributed by atoms with Gasteiger partial charge in [-0.3, -0.25) is 4.79 Å². The first-order chi connectivity index (χ1) is 17.2. The standard InChI is InChI=1S/C23H33N3O3S.C2H2O4/c1-5-26(6-2)15-11-14-24-16-19(27)25-22-21(23(28)29-7-3)20(17(4)30-22)18-12-9-8-10-13-18;3-1(4)2(5)6/h8-10,12-13,24H,5-7,11,14-16H2,1-4H3,(H,25,27);(H,3,4)(H,5,6). The summed E-state index contributed by atoms with van der Waals surface area (Å²) in [5.74, 6) is -4.22. The summed E-state index contributed by atoms with van der Waals surface area (Å²) < 4.78 is 5.28. The number of carboxylic acids is 2. The van der Waals surface area contributed by atoms with E-state index in [1.165, 1.54) is 11.3 Å². The number of anilines is 1. The number of aryl methyl sites for hydroxylation is 1. The number of thiophene rings is 1. The van der Waals surface area contributed by atoms with Crippen LogP contribution in [-0.2, 0) is 19.1 Å². The molecule has 198 valence electrons. The van der Waals surface area contributed by atoms with Crippen LogP contribution >= 0.6 is 11.3 Å². The lowest BCUT2D eigenvalue weighted by Crippen LogP contribution is -2.31. The highest BCUT2D eigenvalue weighted by molar-refractivity contribution is 7.17. The molecule has 0 saturated heterocycles. The maximum Gasteiger partial charge on any atom is 0.414 e. The second-order valence-electron chi connectivity index (χ2n) is 7.54. The predicted octanol–water partition coefficient (Wildman–Crippen LogP) is 3.32. The second-order valence-corrected chi connectivity index (χ2v) is 8.76. The lowest BCUT2D eigenvalue weighted by atomic mass is 10.0. The molecule has 4 N–H and O–H groups in total. The molecule has 1 aromatic carbocycles. The van der Waals surface area contributed by atoms with Gasteiger partial charge in [0.25, 0.3) is 0 Å². The molecule has 1 aromatic heterocycles. The Morgan fingerprint density at radius 3 is 2.14 bits per heavy atom. The minimum atomic E-state index is -1.82. The summed E-state index contributed by atoms with van der Waals surface area (Å²) in [5.41, 5.74) is 2.19. The lowest BCUT2D eigenvalue weighted by Gasteiger charge is -2.17. The van der Waals surface area contributed by atoms with E-state index < -0.39 is 17.9 Å². The van der Waals surface area contributed by atoms with Gasteiger partial charge in [0.1, 0.15) is 10.6 Å². The predicted molar refractivity (Wildman–Crippen MR) is 140 cm³/mol. The van der Waals surface area contributed by atoms with Crippen LogP contribution in [0, 0.1) is 6.92 Å². The van der Waals surface area contributed by atoms with Gasteiger partial charge in [-0.1, -0.05) is 44.2 Å². The molecule has 0 aliphatic rings. The van der Waals surface area contributed by atoms with E-state index in [4.69, 9.17) is 24.5 Å². The average Bonchev–Trinajstić information content (AvgIpc) is 3.17. The summed E-state index contributed by atoms with van der Waals surface area (Å²) in [4.78, 5) is 46.7. The summed E-state index contributed by atoms with van der Waals surface area (Å²) >= 11 is 1.40. The minimum absolute atomic E-state index is 0.163. The van der Waals surface area contributed by atoms with Gasteiger partial charge in [-0.2, -0.15) is 0 Å². The molecule has 0 aliphatic carbocycles. The number of nitrogens with zero attached hydrogens (tertiary/aromatic N) is 1. The summed E-state index contributed by atoms with van der Waals surface area (Å²) in [6, 6.07) is 9.72. The second kappa shape index (κ2) is 16.4. The molecule has 0 spiro atoms. The van der Waals surface area contributed by atoms with E-state index in [2.05, 4.69) is 29.4 Å². The van der Waals surface area contributed by atoms with Gasteiger partial charge in [-0.05, 0) is 52.0 Å². The number of aliphatic carboxylic acids is 2. The third kappa shape index (κ3) is 10.1. The van der Waals surface area contributed by atoms with Crippen LogP contribution in [0.1, 0.15) is 42.4 Å². The molecule has 2 rings (SSSR count). The molecule has 0 saturated carbocycles. The molecule has 0 unspecified atom stereocenters. The van der Waals surface area contributed by atoms with Crippen molar-refractivity contribution in [1.29, 1.82) is 0 Å². The average molecular weight is 522 g/mol. The van der Waals surface area contributed by atoms with Gasteiger partial charge in [0.2, 0.25) is 5.91 Å². The van der Waals surface area contributed by atoms with Crippen LogP contribution in [-0.4, -0.2) is 78.3 Å². The van der Waals surface area contributed by atoms with E-state index in [9.17, 15) is 9.59 Å². The normalized spacial score (nSPS) is 10.4. The molecule has 1 heterocycles. The zero-order chi connectivity index (χ0) is 27.1. The van der Waals surface area contributed by atoms with Gasteiger partial charge in [0.05, 0.1) is 13.2 Å². The van der Waals surface area contributed by atoms with Gasteiger partial charge in [0, 0.05) is 10.4 Å². The number of esters is 1. The third-order valence-electron chi connectivity index (χ3n) is 5.07. The van der Waals surface area contributed by atoms with Crippen LogP contribution in [0.2, 0.25) is 0 Å². The SMILES string of the molecule is CCOC(=O)c1c(NC(=O)CNCCCN(CC)CC)sc(C)c1-c1ccccc1.O=C(O)C(=O)O. The van der Waals surface area contributed by atoms with Crippen molar-refractivity contribution in [3.8, 4) is 11.1 Å². The third-order valence-corrected chi connectivity index (χ3v) is 6.09. The fourth-order valence-corrected chi connectivity index (χ4v) is 4.40. The fourth-order valence-electron chi connectivity index (χ4n) is 3.32. The van der Waals surface area contributed by atoms with E-state index in [1.807, 2.05) is 37.3 Å². The monoisotopic (exact) mass is 521 g/mol. The topological polar surface area (TPSA) is 145 Å². The highest BCUT2D eigenvalue weighted by atomic mass is 32.1. The van der Waals surface area contributed by atoms with E-state index in [-0.39, 0.29) is 19.1 Å². The van der Waals surface area contributed by atoms with Crippen molar-refractivity contribution in [2.75, 3.05) is 44.6 Å². The first-order valence-corrected chi connectivity index (χ1v) is 12.5. The van der Waals surface area contributed by atoms with Crippen LogP contribution in [0.4, 0.5) is 5.00 Å². The number of carboxylic acid groups (broad SMARTS) is 2. The van der Waals surface area contributed by atoms with Crippen molar-refractivity contribution in [3.63, 3.8) is 0 Å². The van der Waals surface area contributed by atoms with E-state index in [1.54, 1.807) is 6.92 Å². The molecule has 0 fully saturated rings. The molecule has 0 bridgehead atoms. The van der Waals surface area contributed by atoms with Gasteiger partial charge < -0.3 is 30.5 Å². The van der Waals surface area contributed by atoms with Crippen LogP contribution in [0.25, 0.3) is 11.1 Å². The lowest BCUT2D eigenvalue weighted by molar-refractivity contribution is -0.159. The number of nitrogens with one attached hydrogen (secondary N) is 2. The Labute approximate surface area is 215 Å². The molecule has 11 heteroatoms. The van der Waals surface area contributed by atoms with Crippen molar-refractivity contribution in [3.05, 3.63) is 40.8 Å². The number of hydrogen-bond acceptors (Lipinski definition) is 8. The van der Waals surface area contributed by atoms with Crippen LogP contribution in [0.5, 0.6) is 0 Å². The van der Waals surface area contributed by atoms with Crippen molar-refractivity contribution in [1.82, 2.24) is 10.2 Å². The molecule has 36 heavy (non-hydrogen) atoms. The number of carbonyl (C=O) groups excluding carboxylic acids is 2. The van der Waals surface area contributed by atoms with Gasteiger partial charge in [-0.25, -0.2) is 14.4 Å². The number of amides is 1. The summed E-state index contributed by atoms with van der Waals surface area (Å²) in [5, 5.41) is 21.4. The van der Waals surface area contributed by atoms with Gasteiger partial charge >= 0.3 is 17.9 Å². The number of hydrogen-bond donors (Lipinski definition) is 4. The Balaban J connectivity index is 0.000000960. The van der Waals surface area contributed by atoms with Crippen LogP contribution in [0.15, 0.2) is 30.3 Å². The Morgan fingerprint density at radius 1 is 1.00 bits per heavy atom. The number of carbonyl (C=O) groups is 4. The minimum Gasteiger partial charge on any atom is -0.473 e. The Bertz CT molecular complexity index is 993. The molecule has 0 aliphatic heterocycles. The molecule has 10 nitrogen and oxygen atoms in total. The number of benzene rings is 1. The Hall–Kier alpha value is -3.28. The summed E-state index contributed by atoms with van der Waals surface area (Å²) in [6.45, 7) is 12.4. The van der Waals surface area contributed by atoms with E-state index in [0.29, 0.717) is 10.6 Å². The number of ether oxygens (including phenoxy) is 1. The van der Waals surface area contributed by atoms with Crippen molar-refractivity contribution in [2.24, 2.45) is 0 Å². The summed E-state index contributed by atoms with van der Waals surface area (Å²) in [6.07, 6.45) is 0.985. The van der Waals surface area contributed by atoms with Gasteiger partial charge in [0.15, 0.2) is 0 Å². The zero-order valence-corrected chi connectivity index (χ0v) is 21.9. The number of rotatable bonds is 12. The van der Waals surface area contributed by atoms with Crippen molar-refractivity contribution < 1.29 is 34.1 Å². The molecule has 2 aromatic rings. The zero-order valence-electron chi connectivity index (χ0n) is 21.1. The van der Waals surface area contributed by atoms with Crippen molar-refractivity contribution >= 4 is 40.2 Å². The molecule has 0 atom stereocenters. The van der Waals surface area contributed by atoms with E-state index >= 15 is 0 Å².